The number of carbonyl (C=O) groups excluding carboxylic acids is 1. The van der Waals surface area contributed by atoms with E-state index in [1.54, 1.807) is 0 Å². The van der Waals surface area contributed by atoms with Gasteiger partial charge in [0.15, 0.2) is 0 Å². The summed E-state index contributed by atoms with van der Waals surface area (Å²) >= 11 is 0. The number of nitrogens with zero attached hydrogens (tertiary/aromatic N) is 1. The Morgan fingerprint density at radius 3 is 1.62 bits per heavy atom. The van der Waals surface area contributed by atoms with Crippen LogP contribution >= 0.6 is 0 Å². The van der Waals surface area contributed by atoms with E-state index in [0.29, 0.717) is 0 Å². The van der Waals surface area contributed by atoms with Gasteiger partial charge in [-0.3, -0.25) is 9.69 Å². The van der Waals surface area contributed by atoms with Gasteiger partial charge in [-0.2, -0.15) is 0 Å². The first-order valence-electron chi connectivity index (χ1n) is 9.91. The third kappa shape index (κ3) is 3.03. The second kappa shape index (κ2) is 7.40. The summed E-state index contributed by atoms with van der Waals surface area (Å²) in [6, 6.07) is 38.6. The van der Waals surface area contributed by atoms with Crippen LogP contribution < -0.4 is 4.90 Å². The van der Waals surface area contributed by atoms with Gasteiger partial charge in [0.1, 0.15) is 0 Å². The third-order valence-corrected chi connectivity index (χ3v) is 5.63. The van der Waals surface area contributed by atoms with Crippen LogP contribution in [0.4, 0.5) is 5.69 Å². The van der Waals surface area contributed by atoms with Crippen molar-refractivity contribution >= 4 is 11.6 Å². The van der Waals surface area contributed by atoms with E-state index in [2.05, 4.69) is 30.3 Å². The summed E-state index contributed by atoms with van der Waals surface area (Å²) in [5, 5.41) is 0. The van der Waals surface area contributed by atoms with Crippen molar-refractivity contribution in [1.29, 1.82) is 0 Å². The molecule has 0 unspecified atom stereocenters. The number of fused-ring (bicyclic) bond motifs is 1. The molecule has 1 amide bonds. The zero-order valence-electron chi connectivity index (χ0n) is 16.0. The predicted octanol–water partition coefficient (Wildman–Crippen LogP) is 5.95. The van der Waals surface area contributed by atoms with Crippen molar-refractivity contribution in [2.75, 3.05) is 4.90 Å². The molecular weight excluding hydrogens is 354 g/mol. The molecule has 0 aliphatic carbocycles. The summed E-state index contributed by atoms with van der Waals surface area (Å²) in [5.74, 6) is -0.206. The highest BCUT2D eigenvalue weighted by molar-refractivity contribution is 6.03. The van der Waals surface area contributed by atoms with Crippen molar-refractivity contribution in [2.24, 2.45) is 0 Å². The van der Waals surface area contributed by atoms with E-state index >= 15 is 0 Å². The van der Waals surface area contributed by atoms with E-state index in [9.17, 15) is 4.79 Å². The molecule has 1 aliphatic heterocycles. The van der Waals surface area contributed by atoms with Crippen LogP contribution in [-0.4, -0.2) is 5.91 Å². The van der Waals surface area contributed by atoms with E-state index in [4.69, 9.17) is 0 Å². The fourth-order valence-electron chi connectivity index (χ4n) is 4.36. The summed E-state index contributed by atoms with van der Waals surface area (Å²) in [6.07, 6.45) is 0. The molecule has 0 saturated carbocycles. The Morgan fingerprint density at radius 1 is 0.517 bits per heavy atom. The van der Waals surface area contributed by atoms with Gasteiger partial charge in [-0.15, -0.1) is 0 Å². The highest BCUT2D eigenvalue weighted by atomic mass is 16.2. The Bertz CT molecular complexity index is 1120. The summed E-state index contributed by atoms with van der Waals surface area (Å²) in [4.78, 5) is 16.0. The lowest BCUT2D eigenvalue weighted by atomic mass is 9.78. The van der Waals surface area contributed by atoms with Gasteiger partial charge in [0.05, 0.1) is 12.0 Å². The highest BCUT2D eigenvalue weighted by Crippen LogP contribution is 2.45. The normalized spacial score (nSPS) is 18.3. The van der Waals surface area contributed by atoms with Crippen LogP contribution in [0, 0.1) is 0 Å². The van der Waals surface area contributed by atoms with Crippen molar-refractivity contribution in [2.45, 2.75) is 12.0 Å². The average Bonchev–Trinajstić information content (AvgIpc) is 2.80. The SMILES string of the molecule is O=C1[C@@H](c2ccccc2)c2ccccc2[C@H](c2ccccc2)N1c1ccccc1. The molecule has 0 saturated heterocycles. The van der Waals surface area contributed by atoms with Gasteiger partial charge < -0.3 is 0 Å². The standard InChI is InChI=1S/C27H21NO/c29-27-25(20-12-4-1-5-13-20)23-18-10-11-19-24(23)26(21-14-6-2-7-15-21)28(27)22-16-8-3-9-17-22/h1-19,25-26H/t25-,26-/m0/s1. The summed E-state index contributed by atoms with van der Waals surface area (Å²) in [6.45, 7) is 0. The smallest absolute Gasteiger partial charge is 0.239 e. The number of hydrogen-bond donors (Lipinski definition) is 0. The van der Waals surface area contributed by atoms with Gasteiger partial charge in [0, 0.05) is 5.69 Å². The minimum atomic E-state index is -0.312. The number of carbonyl (C=O) groups is 1. The lowest BCUT2D eigenvalue weighted by molar-refractivity contribution is -0.120. The topological polar surface area (TPSA) is 20.3 Å². The van der Waals surface area contributed by atoms with Crippen molar-refractivity contribution in [1.82, 2.24) is 0 Å². The summed E-state index contributed by atoms with van der Waals surface area (Å²) in [7, 11) is 0. The van der Waals surface area contributed by atoms with E-state index < -0.39 is 0 Å². The molecule has 4 aromatic carbocycles. The number of rotatable bonds is 3. The maximum Gasteiger partial charge on any atom is 0.239 e. The number of anilines is 1. The van der Waals surface area contributed by atoms with Gasteiger partial charge >= 0.3 is 0 Å². The minimum absolute atomic E-state index is 0.106. The monoisotopic (exact) mass is 375 g/mol. The molecule has 2 heteroatoms. The van der Waals surface area contributed by atoms with Crippen LogP contribution in [0.5, 0.6) is 0 Å². The maximum absolute atomic E-state index is 14.0. The molecule has 1 aliphatic rings. The Kier molecular flexibility index (Phi) is 4.45. The molecule has 0 N–H and O–H groups in total. The third-order valence-electron chi connectivity index (χ3n) is 5.63. The van der Waals surface area contributed by atoms with E-state index in [-0.39, 0.29) is 17.9 Å². The van der Waals surface area contributed by atoms with Crippen molar-refractivity contribution in [3.63, 3.8) is 0 Å². The van der Waals surface area contributed by atoms with Crippen LogP contribution in [0.2, 0.25) is 0 Å². The largest absolute Gasteiger partial charge is 0.300 e. The molecule has 1 heterocycles. The van der Waals surface area contributed by atoms with Crippen LogP contribution in [-0.2, 0) is 4.79 Å². The lowest BCUT2D eigenvalue weighted by Crippen LogP contribution is -2.44. The highest BCUT2D eigenvalue weighted by Gasteiger charge is 2.41. The molecule has 29 heavy (non-hydrogen) atoms. The Morgan fingerprint density at radius 2 is 1.00 bits per heavy atom. The van der Waals surface area contributed by atoms with E-state index in [0.717, 1.165) is 22.4 Å². The molecule has 140 valence electrons. The minimum Gasteiger partial charge on any atom is -0.300 e. The van der Waals surface area contributed by atoms with E-state index in [1.165, 1.54) is 5.56 Å². The summed E-state index contributed by atoms with van der Waals surface area (Å²) in [5.41, 5.74) is 5.32. The van der Waals surface area contributed by atoms with Crippen molar-refractivity contribution < 1.29 is 4.79 Å². The zero-order valence-corrected chi connectivity index (χ0v) is 16.0. The molecule has 2 atom stereocenters. The first kappa shape index (κ1) is 17.4. The fourth-order valence-corrected chi connectivity index (χ4v) is 4.36. The number of para-hydroxylation sites is 1. The van der Waals surface area contributed by atoms with Gasteiger partial charge in [0.25, 0.3) is 0 Å². The van der Waals surface area contributed by atoms with Gasteiger partial charge in [-0.05, 0) is 34.4 Å². The number of hydrogen-bond acceptors (Lipinski definition) is 1. The Balaban J connectivity index is 1.77. The summed E-state index contributed by atoms with van der Waals surface area (Å²) < 4.78 is 0. The molecular formula is C27H21NO. The van der Waals surface area contributed by atoms with Crippen LogP contribution in [0.3, 0.4) is 0 Å². The van der Waals surface area contributed by atoms with Gasteiger partial charge in [-0.1, -0.05) is 103 Å². The lowest BCUT2D eigenvalue weighted by Gasteiger charge is -2.41. The molecule has 0 spiro atoms. The molecule has 0 radical (unpaired) electrons. The first-order valence-corrected chi connectivity index (χ1v) is 9.91. The Labute approximate surface area is 171 Å². The molecule has 0 aromatic heterocycles. The maximum atomic E-state index is 14.0. The molecule has 0 bridgehead atoms. The molecule has 4 aromatic rings. The number of amides is 1. The second-order valence-corrected chi connectivity index (χ2v) is 7.33. The molecule has 5 rings (SSSR count). The molecule has 2 nitrogen and oxygen atoms in total. The van der Waals surface area contributed by atoms with Crippen LogP contribution in [0.25, 0.3) is 0 Å². The van der Waals surface area contributed by atoms with Crippen molar-refractivity contribution in [3.8, 4) is 0 Å². The van der Waals surface area contributed by atoms with Crippen molar-refractivity contribution in [3.05, 3.63) is 138 Å². The van der Waals surface area contributed by atoms with E-state index in [1.807, 2.05) is 89.8 Å². The fraction of sp³-hybridized carbons (Fsp3) is 0.0741. The quantitative estimate of drug-likeness (QED) is 0.433. The van der Waals surface area contributed by atoms with Crippen LogP contribution in [0.15, 0.2) is 115 Å². The predicted molar refractivity (Wildman–Crippen MR) is 117 cm³/mol. The molecule has 0 fully saturated rings. The van der Waals surface area contributed by atoms with Crippen LogP contribution in [0.1, 0.15) is 34.2 Å². The average molecular weight is 375 g/mol. The first-order chi connectivity index (χ1) is 14.3. The second-order valence-electron chi connectivity index (χ2n) is 7.33. The zero-order chi connectivity index (χ0) is 19.6. The van der Waals surface area contributed by atoms with Gasteiger partial charge in [0.2, 0.25) is 5.91 Å². The van der Waals surface area contributed by atoms with Gasteiger partial charge in [-0.25, -0.2) is 0 Å². The Hall–Kier alpha value is -3.65. The number of benzene rings is 4.